The summed E-state index contributed by atoms with van der Waals surface area (Å²) in [5, 5.41) is 13.2. The Bertz CT molecular complexity index is 1260. The van der Waals surface area contributed by atoms with E-state index in [9.17, 15) is 19.5 Å². The largest absolute Gasteiger partial charge is 0.465 e. The topological polar surface area (TPSA) is 108 Å². The molecule has 0 radical (unpaired) electrons. The van der Waals surface area contributed by atoms with Gasteiger partial charge in [0.05, 0.1) is 19.8 Å². The normalized spacial score (nSPS) is 12.1. The van der Waals surface area contributed by atoms with E-state index in [2.05, 4.69) is 74.0 Å². The molecule has 2 N–H and O–H groups in total. The van der Waals surface area contributed by atoms with E-state index in [1.54, 1.807) is 0 Å². The average Bonchev–Trinajstić information content (AvgIpc) is 3.33. The summed E-state index contributed by atoms with van der Waals surface area (Å²) >= 11 is 0. The van der Waals surface area contributed by atoms with E-state index in [0.29, 0.717) is 44.9 Å². The molecular formula is C59H109N3O6. The van der Waals surface area contributed by atoms with Crippen LogP contribution in [-0.4, -0.2) is 91.8 Å². The minimum atomic E-state index is -0.138. The molecule has 0 fully saturated rings. The van der Waals surface area contributed by atoms with Gasteiger partial charge in [0.1, 0.15) is 0 Å². The molecule has 0 saturated heterocycles. The number of nitrogens with one attached hydrogen (secondary N) is 1. The summed E-state index contributed by atoms with van der Waals surface area (Å²) in [6.07, 6.45) is 36.1. The van der Waals surface area contributed by atoms with Gasteiger partial charge < -0.3 is 24.8 Å². The van der Waals surface area contributed by atoms with Gasteiger partial charge in [-0.3, -0.25) is 19.3 Å². The highest BCUT2D eigenvalue weighted by atomic mass is 16.5. The highest BCUT2D eigenvalue weighted by Gasteiger charge is 2.17. The number of unbranched alkanes of at least 4 members (excludes halogenated alkanes) is 20. The van der Waals surface area contributed by atoms with Gasteiger partial charge in [0, 0.05) is 44.8 Å². The Morgan fingerprint density at radius 2 is 0.882 bits per heavy atom. The van der Waals surface area contributed by atoms with Gasteiger partial charge in [0.25, 0.3) is 0 Å². The Hall–Kier alpha value is -2.49. The van der Waals surface area contributed by atoms with E-state index in [1.165, 1.54) is 114 Å². The molecule has 0 aliphatic carbocycles. The molecule has 0 aromatic heterocycles. The zero-order valence-electron chi connectivity index (χ0n) is 45.3. The van der Waals surface area contributed by atoms with E-state index in [1.807, 2.05) is 0 Å². The van der Waals surface area contributed by atoms with Crippen molar-refractivity contribution in [3.05, 3.63) is 35.4 Å². The SMILES string of the molecule is CCCCCCCCC(CCCCCC)CNC(=O)CCCCCN(CCO)CCCCN(CCCCC(COC(=O)CCCCCCC)COC(=O)CCCCCCC)Cc1ccc(C)cc1. The van der Waals surface area contributed by atoms with Crippen molar-refractivity contribution < 1.29 is 29.0 Å². The van der Waals surface area contributed by atoms with Crippen LogP contribution in [0.15, 0.2) is 24.3 Å². The van der Waals surface area contributed by atoms with Crippen molar-refractivity contribution >= 4 is 17.8 Å². The predicted molar refractivity (Wildman–Crippen MR) is 287 cm³/mol. The average molecular weight is 957 g/mol. The molecule has 1 unspecified atom stereocenters. The maximum absolute atomic E-state index is 12.9. The fourth-order valence-corrected chi connectivity index (χ4v) is 9.23. The maximum Gasteiger partial charge on any atom is 0.305 e. The zero-order chi connectivity index (χ0) is 49.6. The molecule has 396 valence electrons. The van der Waals surface area contributed by atoms with Gasteiger partial charge in [-0.2, -0.15) is 0 Å². The number of aryl methyl sites for hydroxylation is 1. The van der Waals surface area contributed by atoms with Crippen LogP contribution in [0.4, 0.5) is 0 Å². The fraction of sp³-hybridized carbons (Fsp3) is 0.847. The molecule has 1 rings (SSSR count). The van der Waals surface area contributed by atoms with Crippen molar-refractivity contribution in [2.75, 3.05) is 59.1 Å². The molecule has 9 nitrogen and oxygen atoms in total. The molecule has 0 heterocycles. The van der Waals surface area contributed by atoms with Gasteiger partial charge in [-0.1, -0.05) is 186 Å². The number of hydrogen-bond donors (Lipinski definition) is 2. The molecule has 1 aromatic rings. The Morgan fingerprint density at radius 1 is 0.485 bits per heavy atom. The number of carbonyl (C=O) groups excluding carboxylic acids is 3. The molecule has 1 amide bonds. The van der Waals surface area contributed by atoms with E-state index < -0.39 is 0 Å². The van der Waals surface area contributed by atoms with Crippen molar-refractivity contribution in [3.8, 4) is 0 Å². The lowest BCUT2D eigenvalue weighted by Gasteiger charge is -2.25. The van der Waals surface area contributed by atoms with Crippen LogP contribution in [0.2, 0.25) is 0 Å². The first-order chi connectivity index (χ1) is 33.2. The van der Waals surface area contributed by atoms with Crippen LogP contribution in [0.1, 0.15) is 251 Å². The molecule has 68 heavy (non-hydrogen) atoms. The number of rotatable bonds is 50. The number of carbonyl (C=O) groups is 3. The predicted octanol–water partition coefficient (Wildman–Crippen LogP) is 14.5. The third kappa shape index (κ3) is 39.3. The lowest BCUT2D eigenvalue weighted by atomic mass is 9.94. The van der Waals surface area contributed by atoms with Crippen molar-refractivity contribution in [3.63, 3.8) is 0 Å². The first-order valence-electron chi connectivity index (χ1n) is 28.9. The Labute approximate surface area is 419 Å². The highest BCUT2D eigenvalue weighted by molar-refractivity contribution is 5.75. The van der Waals surface area contributed by atoms with Crippen LogP contribution >= 0.6 is 0 Å². The maximum atomic E-state index is 12.9. The number of benzene rings is 1. The van der Waals surface area contributed by atoms with Gasteiger partial charge in [0.2, 0.25) is 5.91 Å². The minimum Gasteiger partial charge on any atom is -0.465 e. The monoisotopic (exact) mass is 956 g/mol. The summed E-state index contributed by atoms with van der Waals surface area (Å²) in [5.74, 6) is 0.549. The second kappa shape index (κ2) is 46.9. The first kappa shape index (κ1) is 63.5. The Morgan fingerprint density at radius 3 is 1.41 bits per heavy atom. The van der Waals surface area contributed by atoms with Crippen molar-refractivity contribution in [2.45, 2.75) is 253 Å². The second-order valence-corrected chi connectivity index (χ2v) is 20.5. The van der Waals surface area contributed by atoms with E-state index in [-0.39, 0.29) is 30.4 Å². The summed E-state index contributed by atoms with van der Waals surface area (Å²) in [4.78, 5) is 43.1. The number of esters is 2. The van der Waals surface area contributed by atoms with Gasteiger partial charge in [0.15, 0.2) is 0 Å². The van der Waals surface area contributed by atoms with Crippen LogP contribution in [0.5, 0.6) is 0 Å². The van der Waals surface area contributed by atoms with Crippen LogP contribution in [-0.2, 0) is 30.4 Å². The van der Waals surface area contributed by atoms with Gasteiger partial charge in [-0.25, -0.2) is 0 Å². The first-order valence-corrected chi connectivity index (χ1v) is 28.9. The summed E-state index contributed by atoms with van der Waals surface area (Å²) in [7, 11) is 0. The van der Waals surface area contributed by atoms with Crippen molar-refractivity contribution in [2.24, 2.45) is 11.8 Å². The zero-order valence-corrected chi connectivity index (χ0v) is 45.3. The number of amides is 1. The molecule has 0 saturated carbocycles. The third-order valence-electron chi connectivity index (χ3n) is 13.8. The van der Waals surface area contributed by atoms with E-state index in [0.717, 1.165) is 129 Å². The quantitative estimate of drug-likeness (QED) is 0.0491. The van der Waals surface area contributed by atoms with E-state index >= 15 is 0 Å². The molecule has 0 aliphatic rings. The lowest BCUT2D eigenvalue weighted by Crippen LogP contribution is -2.31. The van der Waals surface area contributed by atoms with Gasteiger partial charge in [-0.15, -0.1) is 0 Å². The second-order valence-electron chi connectivity index (χ2n) is 20.5. The fourth-order valence-electron chi connectivity index (χ4n) is 9.23. The van der Waals surface area contributed by atoms with Crippen molar-refractivity contribution in [1.29, 1.82) is 0 Å². The number of nitrogens with zero attached hydrogens (tertiary/aromatic N) is 2. The summed E-state index contributed by atoms with van der Waals surface area (Å²) in [5.41, 5.74) is 2.59. The molecule has 0 aliphatic heterocycles. The summed E-state index contributed by atoms with van der Waals surface area (Å²) < 4.78 is 11.5. The van der Waals surface area contributed by atoms with Crippen LogP contribution in [0.3, 0.4) is 0 Å². The van der Waals surface area contributed by atoms with Gasteiger partial charge in [-0.05, 0) is 109 Å². The summed E-state index contributed by atoms with van der Waals surface area (Å²) in [6, 6.07) is 8.87. The van der Waals surface area contributed by atoms with Crippen LogP contribution in [0.25, 0.3) is 0 Å². The molecule has 1 aromatic carbocycles. The molecule has 0 bridgehead atoms. The van der Waals surface area contributed by atoms with Gasteiger partial charge >= 0.3 is 11.9 Å². The third-order valence-corrected chi connectivity index (χ3v) is 13.8. The summed E-state index contributed by atoms with van der Waals surface area (Å²) in [6.45, 7) is 18.2. The lowest BCUT2D eigenvalue weighted by molar-refractivity contribution is -0.149. The number of aliphatic hydroxyl groups is 1. The number of ether oxygens (including phenoxy) is 2. The molecule has 0 spiro atoms. The minimum absolute atomic E-state index is 0.00509. The van der Waals surface area contributed by atoms with Crippen LogP contribution in [0, 0.1) is 18.8 Å². The molecule has 1 atom stereocenters. The van der Waals surface area contributed by atoms with E-state index in [4.69, 9.17) is 9.47 Å². The Kier molecular flexibility index (Phi) is 43.8. The number of aliphatic hydroxyl groups excluding tert-OH is 1. The molecule has 9 heteroatoms. The Balaban J connectivity index is 2.61. The highest BCUT2D eigenvalue weighted by Crippen LogP contribution is 2.20. The standard InChI is InChI=1S/C59H109N3O6/c1-6-10-14-18-21-24-34-54(33-23-17-13-9-4)49-60-57(64)36-25-22-29-43-61(47-48-63)44-31-32-46-62(50-55-41-39-53(5)40-42-55)45-30-28-35-56(51-67-58(65)37-26-19-15-11-7-2)52-68-59(66)38-27-20-16-12-8-3/h39-42,54,56,63H,6-38,43-52H2,1-5H3,(H,60,64). The van der Waals surface area contributed by atoms with Crippen LogP contribution < -0.4 is 5.32 Å². The number of hydrogen-bond acceptors (Lipinski definition) is 8. The smallest absolute Gasteiger partial charge is 0.305 e. The molecular weight excluding hydrogens is 847 g/mol. The van der Waals surface area contributed by atoms with Crippen molar-refractivity contribution in [1.82, 2.24) is 15.1 Å².